The Morgan fingerprint density at radius 2 is 1.95 bits per heavy atom. The van der Waals surface area contributed by atoms with Crippen molar-refractivity contribution in [3.8, 4) is 11.5 Å². The first-order chi connectivity index (χ1) is 10.1. The topological polar surface area (TPSA) is 31.2 Å². The number of aryl methyl sites for hydroxylation is 1. The molecule has 2 aromatic carbocycles. The third-order valence-electron chi connectivity index (χ3n) is 3.25. The Balaban J connectivity index is 2.12. The molecule has 0 fully saturated rings. The number of hydrogen-bond donors (Lipinski definition) is 0. The number of aromatic nitrogens is 1. The van der Waals surface area contributed by atoms with Gasteiger partial charge in [0.15, 0.2) is 6.29 Å². The van der Waals surface area contributed by atoms with Gasteiger partial charge in [-0.05, 0) is 24.3 Å². The van der Waals surface area contributed by atoms with E-state index in [1.54, 1.807) is 24.4 Å². The highest BCUT2D eigenvalue weighted by molar-refractivity contribution is 6.42. The van der Waals surface area contributed by atoms with Gasteiger partial charge in [0, 0.05) is 24.9 Å². The number of aldehydes is 1. The summed E-state index contributed by atoms with van der Waals surface area (Å²) in [5, 5.41) is 1.67. The van der Waals surface area contributed by atoms with Gasteiger partial charge in [0.05, 0.1) is 20.9 Å². The van der Waals surface area contributed by atoms with Crippen molar-refractivity contribution >= 4 is 40.4 Å². The molecule has 0 bridgehead atoms. The summed E-state index contributed by atoms with van der Waals surface area (Å²) in [6.07, 6.45) is 2.60. The van der Waals surface area contributed by atoms with Crippen LogP contribution in [0.1, 0.15) is 10.4 Å². The first-order valence-corrected chi connectivity index (χ1v) is 7.02. The van der Waals surface area contributed by atoms with Crippen LogP contribution in [0.3, 0.4) is 0 Å². The van der Waals surface area contributed by atoms with Gasteiger partial charge < -0.3 is 9.30 Å². The lowest BCUT2D eigenvalue weighted by atomic mass is 10.1. The summed E-state index contributed by atoms with van der Waals surface area (Å²) in [5.74, 6) is 1.17. The molecule has 3 nitrogen and oxygen atoms in total. The number of halogens is 2. The molecule has 1 aromatic heterocycles. The van der Waals surface area contributed by atoms with Crippen molar-refractivity contribution in [2.75, 3.05) is 0 Å². The number of nitrogens with zero attached hydrogens (tertiary/aromatic N) is 1. The van der Waals surface area contributed by atoms with Crippen LogP contribution < -0.4 is 4.74 Å². The van der Waals surface area contributed by atoms with Gasteiger partial charge in [0.2, 0.25) is 0 Å². The first-order valence-electron chi connectivity index (χ1n) is 6.26. The Bertz CT molecular complexity index is 840. The quantitative estimate of drug-likeness (QED) is 0.629. The third-order valence-corrected chi connectivity index (χ3v) is 3.99. The Hall–Kier alpha value is -1.97. The van der Waals surface area contributed by atoms with E-state index in [1.807, 2.05) is 29.8 Å². The minimum absolute atomic E-state index is 0.421. The van der Waals surface area contributed by atoms with Crippen molar-refractivity contribution in [1.82, 2.24) is 4.57 Å². The minimum atomic E-state index is 0.421. The number of ether oxygens (including phenoxy) is 1. The van der Waals surface area contributed by atoms with Crippen molar-refractivity contribution in [3.63, 3.8) is 0 Å². The van der Waals surface area contributed by atoms with E-state index in [2.05, 4.69) is 0 Å². The van der Waals surface area contributed by atoms with Crippen molar-refractivity contribution in [3.05, 3.63) is 58.2 Å². The Morgan fingerprint density at radius 1 is 1.14 bits per heavy atom. The van der Waals surface area contributed by atoms with E-state index in [-0.39, 0.29) is 0 Å². The maximum Gasteiger partial charge on any atom is 0.152 e. The van der Waals surface area contributed by atoms with Crippen LogP contribution in [0.4, 0.5) is 0 Å². The van der Waals surface area contributed by atoms with Crippen molar-refractivity contribution < 1.29 is 9.53 Å². The molecule has 5 heteroatoms. The van der Waals surface area contributed by atoms with E-state index in [9.17, 15) is 4.79 Å². The number of carbonyl (C=O) groups excluding carboxylic acids is 1. The largest absolute Gasteiger partial charge is 0.457 e. The van der Waals surface area contributed by atoms with E-state index in [0.29, 0.717) is 27.1 Å². The minimum Gasteiger partial charge on any atom is -0.457 e. The van der Waals surface area contributed by atoms with Gasteiger partial charge >= 0.3 is 0 Å². The van der Waals surface area contributed by atoms with Crippen LogP contribution in [-0.4, -0.2) is 10.9 Å². The van der Waals surface area contributed by atoms with Crippen LogP contribution in [0.15, 0.2) is 42.6 Å². The zero-order valence-electron chi connectivity index (χ0n) is 11.1. The molecule has 0 unspecified atom stereocenters. The van der Waals surface area contributed by atoms with Gasteiger partial charge in [-0.1, -0.05) is 29.3 Å². The summed E-state index contributed by atoms with van der Waals surface area (Å²) in [4.78, 5) is 11.2. The summed E-state index contributed by atoms with van der Waals surface area (Å²) in [6.45, 7) is 0. The average molecular weight is 320 g/mol. The number of rotatable bonds is 3. The zero-order valence-corrected chi connectivity index (χ0v) is 12.7. The number of carbonyl (C=O) groups is 1. The first kappa shape index (κ1) is 14.0. The summed E-state index contributed by atoms with van der Waals surface area (Å²) in [5.41, 5.74) is 1.51. The molecular weight excluding hydrogens is 309 g/mol. The normalized spacial score (nSPS) is 10.8. The molecule has 3 rings (SSSR count). The molecule has 21 heavy (non-hydrogen) atoms. The lowest BCUT2D eigenvalue weighted by Crippen LogP contribution is -1.88. The predicted molar refractivity (Wildman–Crippen MR) is 84.8 cm³/mol. The predicted octanol–water partition coefficient (Wildman–Crippen LogP) is 5.09. The molecule has 1 heterocycles. The second-order valence-electron chi connectivity index (χ2n) is 4.64. The van der Waals surface area contributed by atoms with E-state index in [4.69, 9.17) is 27.9 Å². The molecular formula is C16H11Cl2NO2. The third kappa shape index (κ3) is 2.50. The van der Waals surface area contributed by atoms with Gasteiger partial charge in [-0.15, -0.1) is 0 Å². The van der Waals surface area contributed by atoms with Crippen LogP contribution in [0.25, 0.3) is 10.9 Å². The van der Waals surface area contributed by atoms with Crippen LogP contribution in [0, 0.1) is 0 Å². The molecule has 0 spiro atoms. The molecule has 0 N–H and O–H groups in total. The number of hydrogen-bond acceptors (Lipinski definition) is 2. The highest BCUT2D eigenvalue weighted by Gasteiger charge is 2.12. The fraction of sp³-hybridized carbons (Fsp3) is 0.0625. The fourth-order valence-corrected chi connectivity index (χ4v) is 2.58. The lowest BCUT2D eigenvalue weighted by molar-refractivity contribution is 0.112. The second-order valence-corrected chi connectivity index (χ2v) is 5.46. The SMILES string of the molecule is Cn1cc(C=O)c2c(Oc3ccc(Cl)c(Cl)c3)cccc21. The van der Waals surface area contributed by atoms with E-state index < -0.39 is 0 Å². The lowest BCUT2D eigenvalue weighted by Gasteiger charge is -2.09. The number of fused-ring (bicyclic) bond motifs is 1. The molecule has 0 aliphatic rings. The highest BCUT2D eigenvalue weighted by atomic mass is 35.5. The Labute approximate surface area is 131 Å². The molecule has 106 valence electrons. The van der Waals surface area contributed by atoms with Gasteiger partial charge in [0.1, 0.15) is 11.5 Å². The van der Waals surface area contributed by atoms with E-state index in [0.717, 1.165) is 17.2 Å². The average Bonchev–Trinajstić information content (AvgIpc) is 2.81. The van der Waals surface area contributed by atoms with Gasteiger partial charge in [0.25, 0.3) is 0 Å². The molecule has 0 aliphatic heterocycles. The van der Waals surface area contributed by atoms with Crippen molar-refractivity contribution in [2.45, 2.75) is 0 Å². The molecule has 0 saturated heterocycles. The monoisotopic (exact) mass is 319 g/mol. The summed E-state index contributed by atoms with van der Waals surface area (Å²) >= 11 is 11.9. The molecule has 0 radical (unpaired) electrons. The Kier molecular flexibility index (Phi) is 3.62. The number of benzene rings is 2. The summed E-state index contributed by atoms with van der Waals surface area (Å²) in [7, 11) is 1.89. The highest BCUT2D eigenvalue weighted by Crippen LogP contribution is 2.34. The van der Waals surface area contributed by atoms with Gasteiger partial charge in [-0.2, -0.15) is 0 Å². The van der Waals surface area contributed by atoms with E-state index >= 15 is 0 Å². The molecule has 3 aromatic rings. The zero-order chi connectivity index (χ0) is 15.0. The van der Waals surface area contributed by atoms with Crippen LogP contribution in [0.2, 0.25) is 10.0 Å². The summed E-state index contributed by atoms with van der Waals surface area (Å²) in [6, 6.07) is 10.7. The summed E-state index contributed by atoms with van der Waals surface area (Å²) < 4.78 is 7.76. The fourth-order valence-electron chi connectivity index (χ4n) is 2.29. The standard InChI is InChI=1S/C16H11Cl2NO2/c1-19-8-10(9-20)16-14(19)3-2-4-15(16)21-11-5-6-12(17)13(18)7-11/h2-9H,1H3. The smallest absolute Gasteiger partial charge is 0.152 e. The van der Waals surface area contributed by atoms with E-state index in [1.165, 1.54) is 0 Å². The van der Waals surface area contributed by atoms with Crippen LogP contribution in [-0.2, 0) is 7.05 Å². The molecule has 0 saturated carbocycles. The van der Waals surface area contributed by atoms with Gasteiger partial charge in [-0.3, -0.25) is 4.79 Å². The second kappa shape index (κ2) is 5.43. The molecule has 0 aliphatic carbocycles. The van der Waals surface area contributed by atoms with Crippen molar-refractivity contribution in [2.24, 2.45) is 7.05 Å². The van der Waals surface area contributed by atoms with Crippen LogP contribution in [0.5, 0.6) is 11.5 Å². The van der Waals surface area contributed by atoms with Gasteiger partial charge in [-0.25, -0.2) is 0 Å². The maximum absolute atomic E-state index is 11.2. The Morgan fingerprint density at radius 3 is 2.67 bits per heavy atom. The van der Waals surface area contributed by atoms with Crippen molar-refractivity contribution in [1.29, 1.82) is 0 Å². The van der Waals surface area contributed by atoms with Crippen LogP contribution >= 0.6 is 23.2 Å². The maximum atomic E-state index is 11.2. The molecule has 0 amide bonds. The molecule has 0 atom stereocenters.